The fourth-order valence-corrected chi connectivity index (χ4v) is 5.47. The summed E-state index contributed by atoms with van der Waals surface area (Å²) in [4.78, 5) is 0. The average Bonchev–Trinajstić information content (AvgIpc) is 3.30. The first kappa shape index (κ1) is 33.6. The highest BCUT2D eigenvalue weighted by atomic mass is 19.3. The lowest BCUT2D eigenvalue weighted by molar-refractivity contribution is 0.0133. The standard InChI is InChI=1S/C37H46F4N2O/c1-7-17-42-18-16-25(2)8-11-27-23-43(22-26-9-12-29(13-10-26)36(3,4)5)35-20-30(14-15-31(27)35)44-24-28-19-34(39)32(21-33(28)38)37(6,40)41/h9-10,12-15,19-21,23,25,42H,7-8,11,16-18,22,24H2,1-6H3. The molecule has 0 saturated heterocycles. The van der Waals surface area contributed by atoms with Crippen LogP contribution in [0, 0.1) is 17.6 Å². The molecule has 0 amide bonds. The van der Waals surface area contributed by atoms with Crippen LogP contribution in [0.4, 0.5) is 17.6 Å². The van der Waals surface area contributed by atoms with Crippen LogP contribution in [-0.2, 0) is 30.9 Å². The van der Waals surface area contributed by atoms with Crippen LogP contribution >= 0.6 is 0 Å². The number of fused-ring (bicyclic) bond motifs is 1. The molecule has 0 saturated carbocycles. The summed E-state index contributed by atoms with van der Waals surface area (Å²) >= 11 is 0. The first-order chi connectivity index (χ1) is 20.8. The third-order valence-electron chi connectivity index (χ3n) is 8.26. The largest absolute Gasteiger partial charge is 0.489 e. The zero-order valence-electron chi connectivity index (χ0n) is 26.9. The highest BCUT2D eigenvalue weighted by Crippen LogP contribution is 2.32. The number of rotatable bonds is 14. The Labute approximate surface area is 259 Å². The molecule has 7 heteroatoms. The zero-order valence-corrected chi connectivity index (χ0v) is 26.9. The number of aryl methyl sites for hydroxylation is 1. The Kier molecular flexibility index (Phi) is 10.8. The lowest BCUT2D eigenvalue weighted by atomic mass is 9.87. The SMILES string of the molecule is CCCNCCC(C)CCc1cn(Cc2ccc(C(C)(C)C)cc2)c2cc(OCc3cc(F)c(C(C)(F)F)cc3F)ccc12. The van der Waals surface area contributed by atoms with Crippen molar-refractivity contribution in [2.45, 2.75) is 91.7 Å². The molecular weight excluding hydrogens is 564 g/mol. The lowest BCUT2D eigenvalue weighted by Gasteiger charge is -2.19. The molecule has 3 aromatic carbocycles. The van der Waals surface area contributed by atoms with Crippen LogP contribution in [0.3, 0.4) is 0 Å². The lowest BCUT2D eigenvalue weighted by Crippen LogP contribution is -2.18. The van der Waals surface area contributed by atoms with E-state index in [0.29, 0.717) is 31.2 Å². The fourth-order valence-electron chi connectivity index (χ4n) is 5.47. The second kappa shape index (κ2) is 14.2. The van der Waals surface area contributed by atoms with E-state index in [1.807, 2.05) is 18.2 Å². The van der Waals surface area contributed by atoms with Gasteiger partial charge >= 0.3 is 0 Å². The molecule has 0 bridgehead atoms. The van der Waals surface area contributed by atoms with Crippen LogP contribution in [-0.4, -0.2) is 17.7 Å². The molecule has 1 heterocycles. The van der Waals surface area contributed by atoms with Gasteiger partial charge in [0.05, 0.1) is 11.1 Å². The van der Waals surface area contributed by atoms with Crippen LogP contribution in [0.1, 0.15) is 88.6 Å². The molecule has 0 aliphatic heterocycles. The fraction of sp³-hybridized carbons (Fsp3) is 0.459. The molecular formula is C37H46F4N2O. The molecule has 4 rings (SSSR count). The number of ether oxygens (including phenoxy) is 1. The average molecular weight is 611 g/mol. The van der Waals surface area contributed by atoms with Crippen molar-refractivity contribution in [3.05, 3.63) is 100 Å². The maximum Gasteiger partial charge on any atom is 0.273 e. The second-order valence-electron chi connectivity index (χ2n) is 13.2. The predicted molar refractivity (Wildman–Crippen MR) is 172 cm³/mol. The zero-order chi connectivity index (χ0) is 32.1. The maximum atomic E-state index is 14.6. The summed E-state index contributed by atoms with van der Waals surface area (Å²) in [6.45, 7) is 14.1. The van der Waals surface area contributed by atoms with Crippen molar-refractivity contribution in [2.24, 2.45) is 5.92 Å². The normalized spacial score (nSPS) is 13.0. The Morgan fingerprint density at radius 2 is 1.59 bits per heavy atom. The van der Waals surface area contributed by atoms with Gasteiger partial charge in [-0.3, -0.25) is 0 Å². The van der Waals surface area contributed by atoms with Crippen LogP contribution < -0.4 is 10.1 Å². The quantitative estimate of drug-likeness (QED) is 0.114. The Morgan fingerprint density at radius 1 is 0.864 bits per heavy atom. The third-order valence-corrected chi connectivity index (χ3v) is 8.26. The maximum absolute atomic E-state index is 14.6. The minimum atomic E-state index is -3.48. The first-order valence-corrected chi connectivity index (χ1v) is 15.7. The monoisotopic (exact) mass is 610 g/mol. The van der Waals surface area contributed by atoms with E-state index in [0.717, 1.165) is 55.7 Å². The van der Waals surface area contributed by atoms with Gasteiger partial charge in [-0.25, -0.2) is 17.6 Å². The Hall–Kier alpha value is -3.32. The van der Waals surface area contributed by atoms with E-state index >= 15 is 0 Å². The number of aromatic nitrogens is 1. The molecule has 0 spiro atoms. The van der Waals surface area contributed by atoms with E-state index in [1.54, 1.807) is 0 Å². The van der Waals surface area contributed by atoms with Gasteiger partial charge < -0.3 is 14.6 Å². The van der Waals surface area contributed by atoms with Gasteiger partial charge in [-0.05, 0) is 91.1 Å². The molecule has 1 aromatic heterocycles. The molecule has 238 valence electrons. The van der Waals surface area contributed by atoms with Crippen molar-refractivity contribution in [1.29, 1.82) is 0 Å². The number of halogens is 4. The van der Waals surface area contributed by atoms with E-state index in [-0.39, 0.29) is 17.6 Å². The summed E-state index contributed by atoms with van der Waals surface area (Å²) in [7, 11) is 0. The molecule has 0 aliphatic carbocycles. The highest BCUT2D eigenvalue weighted by Gasteiger charge is 2.29. The van der Waals surface area contributed by atoms with E-state index in [2.05, 4.69) is 75.0 Å². The van der Waals surface area contributed by atoms with Gasteiger partial charge in [0, 0.05) is 36.7 Å². The van der Waals surface area contributed by atoms with Gasteiger partial charge in [0.2, 0.25) is 0 Å². The molecule has 3 nitrogen and oxygen atoms in total. The summed E-state index contributed by atoms with van der Waals surface area (Å²) < 4.78 is 64.3. The van der Waals surface area contributed by atoms with Crippen molar-refractivity contribution in [1.82, 2.24) is 9.88 Å². The van der Waals surface area contributed by atoms with Crippen molar-refractivity contribution in [3.8, 4) is 5.75 Å². The number of nitrogens with zero attached hydrogens (tertiary/aromatic N) is 1. The van der Waals surface area contributed by atoms with Crippen molar-refractivity contribution in [2.75, 3.05) is 13.1 Å². The molecule has 0 radical (unpaired) electrons. The number of nitrogens with one attached hydrogen (secondary N) is 1. The molecule has 44 heavy (non-hydrogen) atoms. The van der Waals surface area contributed by atoms with Gasteiger partial charge in [-0.2, -0.15) is 0 Å². The van der Waals surface area contributed by atoms with Crippen LogP contribution in [0.2, 0.25) is 0 Å². The van der Waals surface area contributed by atoms with Crippen LogP contribution in [0.15, 0.2) is 60.8 Å². The minimum Gasteiger partial charge on any atom is -0.489 e. The van der Waals surface area contributed by atoms with Crippen molar-refractivity contribution < 1.29 is 22.3 Å². The van der Waals surface area contributed by atoms with Gasteiger partial charge in [0.25, 0.3) is 5.92 Å². The van der Waals surface area contributed by atoms with Crippen LogP contribution in [0.25, 0.3) is 10.9 Å². The molecule has 1 atom stereocenters. The third kappa shape index (κ3) is 8.65. The first-order valence-electron chi connectivity index (χ1n) is 15.7. The number of hydrogen-bond donors (Lipinski definition) is 1. The molecule has 0 aliphatic rings. The smallest absolute Gasteiger partial charge is 0.273 e. The van der Waals surface area contributed by atoms with E-state index in [9.17, 15) is 17.6 Å². The Balaban J connectivity index is 1.57. The highest BCUT2D eigenvalue weighted by molar-refractivity contribution is 5.85. The number of benzene rings is 3. The van der Waals surface area contributed by atoms with Gasteiger partial charge in [0.15, 0.2) is 0 Å². The predicted octanol–water partition coefficient (Wildman–Crippen LogP) is 9.91. The molecule has 1 N–H and O–H groups in total. The molecule has 4 aromatic rings. The second-order valence-corrected chi connectivity index (χ2v) is 13.2. The molecule has 1 unspecified atom stereocenters. The summed E-state index contributed by atoms with van der Waals surface area (Å²) in [5.41, 5.74) is 3.68. The van der Waals surface area contributed by atoms with Crippen molar-refractivity contribution >= 4 is 10.9 Å². The molecule has 0 fully saturated rings. The topological polar surface area (TPSA) is 26.2 Å². The van der Waals surface area contributed by atoms with E-state index in [1.165, 1.54) is 16.7 Å². The number of alkyl halides is 2. The minimum absolute atomic E-state index is 0.0704. The Bertz CT molecular complexity index is 1530. The Morgan fingerprint density at radius 3 is 2.25 bits per heavy atom. The van der Waals surface area contributed by atoms with Gasteiger partial charge in [0.1, 0.15) is 24.0 Å². The van der Waals surface area contributed by atoms with E-state index < -0.39 is 23.1 Å². The summed E-state index contributed by atoms with van der Waals surface area (Å²) in [5.74, 6) is -4.48. The summed E-state index contributed by atoms with van der Waals surface area (Å²) in [5, 5.41) is 4.62. The van der Waals surface area contributed by atoms with Crippen LogP contribution in [0.5, 0.6) is 5.75 Å². The summed E-state index contributed by atoms with van der Waals surface area (Å²) in [6.07, 6.45) is 6.50. The summed E-state index contributed by atoms with van der Waals surface area (Å²) in [6, 6.07) is 15.8. The van der Waals surface area contributed by atoms with E-state index in [4.69, 9.17) is 4.74 Å². The van der Waals surface area contributed by atoms with Gasteiger partial charge in [-0.15, -0.1) is 0 Å². The number of hydrogen-bond acceptors (Lipinski definition) is 2. The van der Waals surface area contributed by atoms with Crippen molar-refractivity contribution in [3.63, 3.8) is 0 Å². The van der Waals surface area contributed by atoms with Gasteiger partial charge in [-0.1, -0.05) is 58.9 Å².